The normalized spacial score (nSPS) is 19.7. The van der Waals surface area contributed by atoms with E-state index < -0.39 is 17.6 Å². The van der Waals surface area contributed by atoms with Crippen LogP contribution in [0.25, 0.3) is 16.9 Å². The van der Waals surface area contributed by atoms with Crippen molar-refractivity contribution in [1.29, 1.82) is 0 Å². The Bertz CT molecular complexity index is 1780. The lowest BCUT2D eigenvalue weighted by molar-refractivity contribution is -0.930. The van der Waals surface area contributed by atoms with E-state index in [0.717, 1.165) is 51.1 Å². The topological polar surface area (TPSA) is 130 Å². The summed E-state index contributed by atoms with van der Waals surface area (Å²) in [6, 6.07) is 8.30. The molecule has 2 aromatic carbocycles. The number of anilines is 2. The number of methoxy groups -OCH3 is 1. The maximum atomic E-state index is 14.9. The number of likely N-dealkylation sites (tertiary alicyclic amines) is 1. The van der Waals surface area contributed by atoms with Crippen LogP contribution in [0.2, 0.25) is 0 Å². The number of piperidine rings is 1. The zero-order chi connectivity index (χ0) is 33.1. The maximum absolute atomic E-state index is 14.9. The number of aliphatic carboxylic acids is 1. The standard InChI is InChI=1S/C34H39F2N7O4/c1-3-23-14-24(41-32-33-39-18-27(42(33)11-10-38-32)26-6-7-28(47-2)31(36)30(26)35)4-5-25(23)34(46)40-17-21-8-12-43(13-9-21,20-29(44)45)19-22-15-37-16-22/h4-7,10-11,14,18,21-22,37H,3,8-9,12-13,15-17,19-20H2,1-2H3,(H2-,38,40,41,44,45,46)/p+1. The Hall–Kier alpha value is -4.62. The number of fused-ring (bicyclic) bond motifs is 1. The lowest BCUT2D eigenvalue weighted by atomic mass is 9.91. The molecule has 2 fully saturated rings. The number of imidazole rings is 1. The van der Waals surface area contributed by atoms with Crippen molar-refractivity contribution >= 4 is 29.0 Å². The monoisotopic (exact) mass is 648 g/mol. The first-order valence-electron chi connectivity index (χ1n) is 16.0. The molecule has 0 aliphatic carbocycles. The maximum Gasteiger partial charge on any atom is 0.359 e. The van der Waals surface area contributed by atoms with Gasteiger partial charge in [0.1, 0.15) is 0 Å². The van der Waals surface area contributed by atoms with Crippen LogP contribution in [0.3, 0.4) is 0 Å². The molecule has 11 nitrogen and oxygen atoms in total. The van der Waals surface area contributed by atoms with E-state index in [4.69, 9.17) is 4.74 Å². The summed E-state index contributed by atoms with van der Waals surface area (Å²) < 4.78 is 36.5. The summed E-state index contributed by atoms with van der Waals surface area (Å²) >= 11 is 0. The first kappa shape index (κ1) is 32.3. The van der Waals surface area contributed by atoms with Gasteiger partial charge in [0.25, 0.3) is 5.91 Å². The highest BCUT2D eigenvalue weighted by atomic mass is 19.2. The van der Waals surface area contributed by atoms with Crippen molar-refractivity contribution in [2.45, 2.75) is 26.2 Å². The average molecular weight is 649 g/mol. The summed E-state index contributed by atoms with van der Waals surface area (Å²) in [5.41, 5.74) is 2.95. The molecule has 4 heterocycles. The first-order chi connectivity index (χ1) is 22.7. The van der Waals surface area contributed by atoms with Crippen molar-refractivity contribution in [1.82, 2.24) is 25.0 Å². The molecule has 0 saturated carbocycles. The number of carboxylic acid groups (broad SMARTS) is 1. The number of aromatic nitrogens is 3. The minimum atomic E-state index is -1.07. The molecule has 2 aromatic heterocycles. The Morgan fingerprint density at radius 1 is 1.11 bits per heavy atom. The van der Waals surface area contributed by atoms with E-state index in [1.54, 1.807) is 28.9 Å². The Kier molecular flexibility index (Phi) is 9.37. The number of quaternary nitrogens is 1. The number of hydrogen-bond acceptors (Lipinski definition) is 7. The number of hydrogen-bond donors (Lipinski definition) is 4. The van der Waals surface area contributed by atoms with Crippen LogP contribution in [-0.4, -0.2) is 88.8 Å². The highest BCUT2D eigenvalue weighted by Gasteiger charge is 2.39. The largest absolute Gasteiger partial charge is 0.494 e. The number of nitrogens with one attached hydrogen (secondary N) is 3. The lowest BCUT2D eigenvalue weighted by Crippen LogP contribution is -2.62. The summed E-state index contributed by atoms with van der Waals surface area (Å²) in [6.07, 6.45) is 7.01. The van der Waals surface area contributed by atoms with Crippen molar-refractivity contribution in [3.63, 3.8) is 0 Å². The van der Waals surface area contributed by atoms with E-state index >= 15 is 0 Å². The van der Waals surface area contributed by atoms with Gasteiger partial charge >= 0.3 is 5.97 Å². The van der Waals surface area contributed by atoms with Gasteiger partial charge in [0.15, 0.2) is 29.6 Å². The SMILES string of the molecule is CCc1cc(Nc2nccn3c(-c4ccc(OC)c(F)c4F)cnc23)ccc1C(=O)NCC1CC[N+](CC(=O)O)(CC2CNC2)CC1. The molecule has 4 aromatic rings. The number of carbonyl (C=O) groups excluding carboxylic acids is 1. The van der Waals surface area contributed by atoms with Gasteiger partial charge in [0.05, 0.1) is 38.6 Å². The third-order valence-corrected chi connectivity index (χ3v) is 9.52. The van der Waals surface area contributed by atoms with Crippen molar-refractivity contribution in [2.75, 3.05) is 58.2 Å². The third kappa shape index (κ3) is 6.77. The van der Waals surface area contributed by atoms with Gasteiger partial charge in [-0.3, -0.25) is 9.20 Å². The Morgan fingerprint density at radius 3 is 2.57 bits per heavy atom. The summed E-state index contributed by atoms with van der Waals surface area (Å²) in [6.45, 7) is 7.12. The van der Waals surface area contributed by atoms with Gasteiger partial charge in [-0.1, -0.05) is 6.92 Å². The van der Waals surface area contributed by atoms with Gasteiger partial charge in [-0.15, -0.1) is 0 Å². The smallest absolute Gasteiger partial charge is 0.359 e. The fourth-order valence-corrected chi connectivity index (χ4v) is 6.84. The van der Waals surface area contributed by atoms with Gasteiger partial charge < -0.3 is 30.3 Å². The van der Waals surface area contributed by atoms with E-state index in [-0.39, 0.29) is 23.8 Å². The van der Waals surface area contributed by atoms with E-state index in [1.165, 1.54) is 25.4 Å². The summed E-state index contributed by atoms with van der Waals surface area (Å²) in [4.78, 5) is 33.8. The van der Waals surface area contributed by atoms with E-state index in [2.05, 4.69) is 25.9 Å². The molecule has 13 heteroatoms. The van der Waals surface area contributed by atoms with Gasteiger partial charge in [-0.25, -0.2) is 19.2 Å². The van der Waals surface area contributed by atoms with Crippen LogP contribution in [-0.2, 0) is 11.2 Å². The minimum absolute atomic E-state index is 0.0367. The average Bonchev–Trinajstić information content (AvgIpc) is 3.48. The Balaban J connectivity index is 1.11. The summed E-state index contributed by atoms with van der Waals surface area (Å²) in [7, 11) is 1.28. The van der Waals surface area contributed by atoms with Gasteiger partial charge in [-0.05, 0) is 48.2 Å². The zero-order valence-electron chi connectivity index (χ0n) is 26.6. The van der Waals surface area contributed by atoms with Crippen molar-refractivity contribution in [3.05, 3.63) is 71.7 Å². The highest BCUT2D eigenvalue weighted by molar-refractivity contribution is 5.96. The van der Waals surface area contributed by atoms with Gasteiger partial charge in [0, 0.05) is 67.6 Å². The molecule has 1 amide bonds. The summed E-state index contributed by atoms with van der Waals surface area (Å²) in [5, 5.41) is 19.2. The van der Waals surface area contributed by atoms with Crippen LogP contribution in [0.1, 0.15) is 35.7 Å². The molecular formula is C34H40F2N7O4+. The van der Waals surface area contributed by atoms with E-state index in [1.807, 2.05) is 13.0 Å². The molecule has 0 atom stereocenters. The molecule has 2 aliphatic rings. The molecule has 0 unspecified atom stereocenters. The molecule has 47 heavy (non-hydrogen) atoms. The molecule has 2 aliphatic heterocycles. The fraction of sp³-hybridized carbons (Fsp3) is 0.412. The Labute approximate surface area is 271 Å². The molecule has 0 radical (unpaired) electrons. The van der Waals surface area contributed by atoms with Gasteiger partial charge in [0.2, 0.25) is 5.82 Å². The number of benzene rings is 2. The van der Waals surface area contributed by atoms with Crippen LogP contribution in [0.4, 0.5) is 20.3 Å². The van der Waals surface area contributed by atoms with Crippen LogP contribution in [0, 0.1) is 23.5 Å². The first-order valence-corrected chi connectivity index (χ1v) is 16.0. The van der Waals surface area contributed by atoms with Crippen molar-refractivity contribution in [2.24, 2.45) is 11.8 Å². The van der Waals surface area contributed by atoms with Crippen LogP contribution < -0.4 is 20.7 Å². The van der Waals surface area contributed by atoms with E-state index in [0.29, 0.717) is 57.7 Å². The predicted octanol–water partition coefficient (Wildman–Crippen LogP) is 4.25. The third-order valence-electron chi connectivity index (χ3n) is 9.52. The number of carboxylic acids is 1. The molecule has 0 spiro atoms. The number of aryl methyl sites for hydroxylation is 1. The van der Waals surface area contributed by atoms with E-state index in [9.17, 15) is 23.5 Å². The van der Waals surface area contributed by atoms with Crippen LogP contribution in [0.15, 0.2) is 48.9 Å². The van der Waals surface area contributed by atoms with Crippen LogP contribution >= 0.6 is 0 Å². The quantitative estimate of drug-likeness (QED) is 0.168. The number of carbonyl (C=O) groups is 2. The number of rotatable bonds is 12. The molecule has 6 rings (SSSR count). The Morgan fingerprint density at radius 2 is 1.89 bits per heavy atom. The molecular weight excluding hydrogens is 608 g/mol. The number of halogens is 2. The minimum Gasteiger partial charge on any atom is -0.494 e. The number of ether oxygens (including phenoxy) is 1. The second-order valence-corrected chi connectivity index (χ2v) is 12.6. The van der Waals surface area contributed by atoms with Gasteiger partial charge in [-0.2, -0.15) is 4.39 Å². The predicted molar refractivity (Wildman–Crippen MR) is 173 cm³/mol. The molecule has 4 N–H and O–H groups in total. The lowest BCUT2D eigenvalue weighted by Gasteiger charge is -2.46. The summed E-state index contributed by atoms with van der Waals surface area (Å²) in [5.74, 6) is -1.93. The van der Waals surface area contributed by atoms with Crippen molar-refractivity contribution < 1.29 is 32.7 Å². The number of amides is 1. The second kappa shape index (κ2) is 13.6. The molecule has 0 bridgehead atoms. The fourth-order valence-electron chi connectivity index (χ4n) is 6.84. The van der Waals surface area contributed by atoms with Crippen molar-refractivity contribution in [3.8, 4) is 17.0 Å². The molecule has 248 valence electrons. The number of nitrogens with zero attached hydrogens (tertiary/aromatic N) is 4. The zero-order valence-corrected chi connectivity index (χ0v) is 26.6. The second-order valence-electron chi connectivity index (χ2n) is 12.6. The van der Waals surface area contributed by atoms with Crippen LogP contribution in [0.5, 0.6) is 5.75 Å². The highest BCUT2D eigenvalue weighted by Crippen LogP contribution is 2.32. The molecule has 2 saturated heterocycles.